The van der Waals surface area contributed by atoms with Crippen molar-refractivity contribution in [3.05, 3.63) is 39.3 Å². The van der Waals surface area contributed by atoms with Crippen molar-refractivity contribution < 1.29 is 22.8 Å². The summed E-state index contributed by atoms with van der Waals surface area (Å²) in [5, 5.41) is 6.07. The zero-order valence-electron chi connectivity index (χ0n) is 12.4. The number of aromatic nitrogens is 2. The lowest BCUT2D eigenvalue weighted by atomic mass is 10.3. The number of halogens is 3. The third-order valence-electron chi connectivity index (χ3n) is 3.06. The summed E-state index contributed by atoms with van der Waals surface area (Å²) in [6.07, 6.45) is -4.49. The Morgan fingerprint density at radius 3 is 2.48 bits per heavy atom. The molecule has 0 bridgehead atoms. The molecule has 0 saturated carbocycles. The van der Waals surface area contributed by atoms with E-state index in [0.717, 1.165) is 17.4 Å². The second-order valence-electron chi connectivity index (χ2n) is 4.87. The van der Waals surface area contributed by atoms with Crippen molar-refractivity contribution in [2.24, 2.45) is 0 Å². The first-order chi connectivity index (χ1) is 10.7. The number of carbonyl (C=O) groups excluding carboxylic acids is 2. The predicted octanol–water partition coefficient (Wildman–Crippen LogP) is 2.90. The van der Waals surface area contributed by atoms with Gasteiger partial charge in [0.15, 0.2) is 11.5 Å². The fourth-order valence-electron chi connectivity index (χ4n) is 1.89. The van der Waals surface area contributed by atoms with E-state index in [0.29, 0.717) is 15.4 Å². The van der Waals surface area contributed by atoms with Gasteiger partial charge in [0.05, 0.1) is 16.3 Å². The van der Waals surface area contributed by atoms with Gasteiger partial charge in [-0.25, -0.2) is 0 Å². The van der Waals surface area contributed by atoms with Crippen LogP contribution in [0.5, 0.6) is 0 Å². The maximum absolute atomic E-state index is 12.5. The van der Waals surface area contributed by atoms with E-state index in [4.69, 9.17) is 0 Å². The number of hydrogen-bond acceptors (Lipinski definition) is 4. The van der Waals surface area contributed by atoms with Crippen LogP contribution < -0.4 is 5.32 Å². The van der Waals surface area contributed by atoms with Crippen LogP contribution in [0.2, 0.25) is 0 Å². The maximum Gasteiger partial charge on any atom is 0.435 e. The number of ketones is 1. The molecule has 2 aromatic rings. The molecule has 2 aromatic heterocycles. The number of rotatable bonds is 5. The molecule has 0 atom stereocenters. The van der Waals surface area contributed by atoms with E-state index in [9.17, 15) is 22.8 Å². The summed E-state index contributed by atoms with van der Waals surface area (Å²) in [4.78, 5) is 23.9. The number of carbonyl (C=O) groups is 2. The summed E-state index contributed by atoms with van der Waals surface area (Å²) in [5.41, 5.74) is -0.591. The van der Waals surface area contributed by atoms with Crippen molar-refractivity contribution in [1.82, 2.24) is 15.1 Å². The average molecular weight is 345 g/mol. The van der Waals surface area contributed by atoms with Crippen molar-refractivity contribution in [2.45, 2.75) is 26.6 Å². The zero-order valence-corrected chi connectivity index (χ0v) is 13.2. The summed E-state index contributed by atoms with van der Waals surface area (Å²) in [5.74, 6) is -0.496. The third-order valence-corrected chi connectivity index (χ3v) is 4.24. The van der Waals surface area contributed by atoms with Crippen LogP contribution in [0.25, 0.3) is 0 Å². The van der Waals surface area contributed by atoms with Crippen molar-refractivity contribution in [1.29, 1.82) is 0 Å². The van der Waals surface area contributed by atoms with Crippen LogP contribution in [0.15, 0.2) is 18.2 Å². The SMILES string of the molecule is CC(=O)c1ccc(C(=O)NCCn2nc(C(F)(F)F)cc2C)s1. The van der Waals surface area contributed by atoms with Crippen LogP contribution in [0.4, 0.5) is 13.2 Å². The van der Waals surface area contributed by atoms with Gasteiger partial charge in [-0.3, -0.25) is 14.3 Å². The van der Waals surface area contributed by atoms with Gasteiger partial charge >= 0.3 is 6.18 Å². The van der Waals surface area contributed by atoms with Gasteiger partial charge in [0.25, 0.3) is 5.91 Å². The Kier molecular flexibility index (Phi) is 4.88. The fraction of sp³-hybridized carbons (Fsp3) is 0.357. The molecule has 0 aromatic carbocycles. The second-order valence-corrected chi connectivity index (χ2v) is 5.95. The number of alkyl halides is 3. The summed E-state index contributed by atoms with van der Waals surface area (Å²) in [6, 6.07) is 4.06. The molecule has 2 heterocycles. The molecule has 1 N–H and O–H groups in total. The van der Waals surface area contributed by atoms with Gasteiger partial charge in [-0.05, 0) is 32.0 Å². The second kappa shape index (κ2) is 6.53. The monoisotopic (exact) mass is 345 g/mol. The van der Waals surface area contributed by atoms with Crippen molar-refractivity contribution in [3.8, 4) is 0 Å². The topological polar surface area (TPSA) is 64.0 Å². The maximum atomic E-state index is 12.5. The number of nitrogens with one attached hydrogen (secondary N) is 1. The van der Waals surface area contributed by atoms with E-state index in [1.807, 2.05) is 0 Å². The lowest BCUT2D eigenvalue weighted by Gasteiger charge is -2.06. The highest BCUT2D eigenvalue weighted by Gasteiger charge is 2.34. The van der Waals surface area contributed by atoms with Crippen LogP contribution in [0.3, 0.4) is 0 Å². The number of aryl methyl sites for hydroxylation is 1. The Bertz CT molecular complexity index is 734. The van der Waals surface area contributed by atoms with Crippen molar-refractivity contribution in [3.63, 3.8) is 0 Å². The highest BCUT2D eigenvalue weighted by atomic mass is 32.1. The Morgan fingerprint density at radius 2 is 1.96 bits per heavy atom. The Balaban J connectivity index is 1.93. The summed E-state index contributed by atoms with van der Waals surface area (Å²) in [7, 11) is 0. The average Bonchev–Trinajstić information content (AvgIpc) is 3.05. The van der Waals surface area contributed by atoms with Gasteiger partial charge in [-0.15, -0.1) is 11.3 Å². The summed E-state index contributed by atoms with van der Waals surface area (Å²) in [6.45, 7) is 3.18. The number of amides is 1. The lowest BCUT2D eigenvalue weighted by Crippen LogP contribution is -2.27. The molecule has 2 rings (SSSR count). The van der Waals surface area contributed by atoms with E-state index < -0.39 is 11.9 Å². The van der Waals surface area contributed by atoms with E-state index >= 15 is 0 Å². The lowest BCUT2D eigenvalue weighted by molar-refractivity contribution is -0.141. The standard InChI is InChI=1S/C14H14F3N3O2S/c1-8-7-12(14(15,16)17)19-20(8)6-5-18-13(22)11-4-3-10(23-11)9(2)21/h3-4,7H,5-6H2,1-2H3,(H,18,22). The number of nitrogens with zero attached hydrogens (tertiary/aromatic N) is 2. The first-order valence-electron chi connectivity index (χ1n) is 6.69. The molecule has 0 fully saturated rings. The summed E-state index contributed by atoms with van der Waals surface area (Å²) < 4.78 is 38.8. The minimum atomic E-state index is -4.49. The molecule has 5 nitrogen and oxygen atoms in total. The Hall–Kier alpha value is -2.16. The normalized spacial score (nSPS) is 11.5. The van der Waals surface area contributed by atoms with Gasteiger partial charge in [0.1, 0.15) is 0 Å². The number of thiophene rings is 1. The summed E-state index contributed by atoms with van der Waals surface area (Å²) >= 11 is 1.07. The quantitative estimate of drug-likeness (QED) is 0.848. The van der Waals surface area contributed by atoms with Crippen LogP contribution in [-0.4, -0.2) is 28.0 Å². The molecule has 23 heavy (non-hydrogen) atoms. The van der Waals surface area contributed by atoms with Crippen molar-refractivity contribution >= 4 is 23.0 Å². The molecule has 124 valence electrons. The molecule has 0 aliphatic heterocycles. The largest absolute Gasteiger partial charge is 0.435 e. The third kappa shape index (κ3) is 4.19. The molecule has 0 saturated heterocycles. The molecule has 0 aliphatic rings. The van der Waals surface area contributed by atoms with Crippen molar-refractivity contribution in [2.75, 3.05) is 6.54 Å². The first kappa shape index (κ1) is 17.2. The molecule has 1 amide bonds. The zero-order chi connectivity index (χ0) is 17.2. The van der Waals surface area contributed by atoms with E-state index in [2.05, 4.69) is 10.4 Å². The molecular weight excluding hydrogens is 331 g/mol. The van der Waals surface area contributed by atoms with Gasteiger partial charge in [0, 0.05) is 12.2 Å². The smallest absolute Gasteiger partial charge is 0.349 e. The van der Waals surface area contributed by atoms with Crippen LogP contribution in [0, 0.1) is 6.92 Å². The van der Waals surface area contributed by atoms with Gasteiger partial charge < -0.3 is 5.32 Å². The molecule has 0 aliphatic carbocycles. The fourth-order valence-corrected chi connectivity index (χ4v) is 2.70. The van der Waals surface area contributed by atoms with Crippen LogP contribution in [-0.2, 0) is 12.7 Å². The Morgan fingerprint density at radius 1 is 1.30 bits per heavy atom. The molecule has 0 radical (unpaired) electrons. The van der Waals surface area contributed by atoms with E-state index in [-0.39, 0.29) is 24.8 Å². The Labute approximate surface area is 134 Å². The predicted molar refractivity (Wildman–Crippen MR) is 78.6 cm³/mol. The number of hydrogen-bond donors (Lipinski definition) is 1. The van der Waals surface area contributed by atoms with E-state index in [1.165, 1.54) is 24.6 Å². The minimum absolute atomic E-state index is 0.124. The molecule has 9 heteroatoms. The molecular formula is C14H14F3N3O2S. The molecule has 0 unspecified atom stereocenters. The number of Topliss-reactive ketones (excluding diaryl/α,β-unsaturated/α-hetero) is 1. The van der Waals surface area contributed by atoms with Crippen LogP contribution in [0.1, 0.15) is 37.7 Å². The van der Waals surface area contributed by atoms with Gasteiger partial charge in [0.2, 0.25) is 0 Å². The van der Waals surface area contributed by atoms with Gasteiger partial charge in [-0.2, -0.15) is 18.3 Å². The van der Waals surface area contributed by atoms with Gasteiger partial charge in [-0.1, -0.05) is 0 Å². The first-order valence-corrected chi connectivity index (χ1v) is 7.50. The minimum Gasteiger partial charge on any atom is -0.349 e. The van der Waals surface area contributed by atoms with Crippen LogP contribution >= 0.6 is 11.3 Å². The highest BCUT2D eigenvalue weighted by Crippen LogP contribution is 2.28. The highest BCUT2D eigenvalue weighted by molar-refractivity contribution is 7.15. The van der Waals surface area contributed by atoms with E-state index in [1.54, 1.807) is 6.07 Å². The molecule has 0 spiro atoms.